The summed E-state index contributed by atoms with van der Waals surface area (Å²) in [7, 11) is 0. The van der Waals surface area contributed by atoms with Crippen LogP contribution in [0.2, 0.25) is 0 Å². The largest absolute Gasteiger partial charge is 0.482 e. The number of halogens is 6. The Balaban J connectivity index is 0.000000189. The summed E-state index contributed by atoms with van der Waals surface area (Å²) >= 11 is 0. The third-order valence-corrected chi connectivity index (χ3v) is 10.5. The van der Waals surface area contributed by atoms with Gasteiger partial charge < -0.3 is 16.2 Å². The number of rotatable bonds is 7. The average molecular weight is 955 g/mol. The summed E-state index contributed by atoms with van der Waals surface area (Å²) in [5.74, 6) is -0.706. The van der Waals surface area contributed by atoms with Crippen LogP contribution in [0.3, 0.4) is 0 Å². The van der Waals surface area contributed by atoms with Gasteiger partial charge in [0.1, 0.15) is 11.6 Å². The number of fused-ring (bicyclic) bond motifs is 2. The maximum Gasteiger partial charge on any atom is 0.482 e. The van der Waals surface area contributed by atoms with Crippen molar-refractivity contribution in [1.29, 1.82) is 0 Å². The van der Waals surface area contributed by atoms with E-state index in [2.05, 4.69) is 48.2 Å². The zero-order valence-electron chi connectivity index (χ0n) is 37.7. The van der Waals surface area contributed by atoms with Gasteiger partial charge in [-0.25, -0.2) is 34.7 Å². The number of carboxylic acids is 1. The number of nitrogens with zero attached hydrogens (tertiary/aromatic N) is 8. The lowest BCUT2D eigenvalue weighted by Crippen LogP contribution is -2.39. The molecule has 15 nitrogen and oxygen atoms in total. The molecule has 0 unspecified atom stereocenters. The van der Waals surface area contributed by atoms with Crippen LogP contribution in [0.4, 0.5) is 37.7 Å². The molecule has 6 heterocycles. The summed E-state index contributed by atoms with van der Waals surface area (Å²) in [5, 5.41) is 30.9. The van der Waals surface area contributed by atoms with E-state index in [1.165, 1.54) is 5.56 Å². The quantitative estimate of drug-likeness (QED) is 0.0438. The van der Waals surface area contributed by atoms with Gasteiger partial charge in [0.15, 0.2) is 11.3 Å². The van der Waals surface area contributed by atoms with E-state index in [-0.39, 0.29) is 15.0 Å². The fourth-order valence-electron chi connectivity index (χ4n) is 6.87. The molecule has 0 aliphatic carbocycles. The van der Waals surface area contributed by atoms with Crippen LogP contribution in [0.15, 0.2) is 97.6 Å². The van der Waals surface area contributed by atoms with E-state index < -0.39 is 41.2 Å². The molecule has 6 N–H and O–H groups in total. The van der Waals surface area contributed by atoms with Crippen LogP contribution in [-0.4, -0.2) is 57.3 Å². The van der Waals surface area contributed by atoms with Crippen molar-refractivity contribution in [3.8, 4) is 22.3 Å². The van der Waals surface area contributed by atoms with Crippen LogP contribution in [0, 0.1) is 27.7 Å². The van der Waals surface area contributed by atoms with Crippen LogP contribution in [0.1, 0.15) is 80.1 Å². The van der Waals surface area contributed by atoms with E-state index >= 15 is 0 Å². The van der Waals surface area contributed by atoms with Crippen LogP contribution in [0.25, 0.3) is 44.3 Å². The minimum absolute atomic E-state index is 0.0660. The standard InChI is InChI=1S/C24H20F3N5O2.C17H18N4.C7H4F3NO3/c1-4-21-28-12-16-9-19(14(3)29-22(16)31-21)18-11-17(6-5-13(18)2)30-23(33)15-7-8-32(34)20(10-15)24(25,26)27;1-4-16-19-9-12-7-15(11(3)20-17(12)21-16)14-8-13(18)6-5-10(14)2;8-7(9,10)5-3-4(6(12)13)1-2-11(5)14/h5-12H,4H2,1-3H3,(H-,30,33,34);5-9H,4,18H2,1-3H3;1-3H,(H-,12,13,14)/p+2. The number of carbonyl (C=O) groups excluding carboxylic acids is 1. The van der Waals surface area contributed by atoms with E-state index in [4.69, 9.17) is 16.0 Å². The van der Waals surface area contributed by atoms with Crippen molar-refractivity contribution < 1.29 is 60.9 Å². The number of alkyl halides is 6. The molecule has 1 amide bonds. The topological polar surface area (TPSA) is 218 Å². The summed E-state index contributed by atoms with van der Waals surface area (Å²) < 4.78 is 75.3. The van der Waals surface area contributed by atoms with Crippen molar-refractivity contribution in [3.63, 3.8) is 0 Å². The molecule has 8 aromatic rings. The van der Waals surface area contributed by atoms with E-state index in [1.807, 2.05) is 65.1 Å². The van der Waals surface area contributed by atoms with E-state index in [9.17, 15) is 41.1 Å². The number of carboxylic acid groups (broad SMARTS) is 1. The lowest BCUT2D eigenvalue weighted by molar-refractivity contribution is -0.915. The number of aromatic carboxylic acids is 1. The minimum atomic E-state index is -4.82. The minimum Gasteiger partial charge on any atom is -0.478 e. The molecule has 0 spiro atoms. The van der Waals surface area contributed by atoms with Gasteiger partial charge in [-0.15, -0.1) is 0 Å². The van der Waals surface area contributed by atoms with E-state index in [0.29, 0.717) is 41.9 Å². The number of amides is 1. The summed E-state index contributed by atoms with van der Waals surface area (Å²) in [6, 6.07) is 18.1. The Hall–Kier alpha value is -8.36. The van der Waals surface area contributed by atoms with Crippen molar-refractivity contribution in [2.24, 2.45) is 0 Å². The maximum atomic E-state index is 13.1. The van der Waals surface area contributed by atoms with Gasteiger partial charge in [-0.05, 0) is 86.3 Å². The van der Waals surface area contributed by atoms with Gasteiger partial charge in [0.25, 0.3) is 5.91 Å². The first kappa shape index (κ1) is 50.1. The molecule has 21 heteroatoms. The van der Waals surface area contributed by atoms with Crippen LogP contribution < -0.4 is 20.5 Å². The Labute approximate surface area is 389 Å². The molecule has 0 atom stereocenters. The average Bonchev–Trinajstić information content (AvgIpc) is 3.29. The van der Waals surface area contributed by atoms with Gasteiger partial charge in [-0.3, -0.25) is 15.2 Å². The lowest BCUT2D eigenvalue weighted by atomic mass is 9.98. The van der Waals surface area contributed by atoms with Crippen LogP contribution in [-0.2, 0) is 25.2 Å². The summed E-state index contributed by atoms with van der Waals surface area (Å²) in [4.78, 5) is 49.8. The molecule has 2 aromatic carbocycles. The third kappa shape index (κ3) is 11.8. The molecule has 0 saturated heterocycles. The smallest absolute Gasteiger partial charge is 0.478 e. The highest BCUT2D eigenvalue weighted by Crippen LogP contribution is 2.33. The Kier molecular flexibility index (Phi) is 14.7. The fourth-order valence-corrected chi connectivity index (χ4v) is 6.87. The molecule has 69 heavy (non-hydrogen) atoms. The maximum absolute atomic E-state index is 13.1. The number of hydrogen-bond acceptors (Lipinski definition) is 11. The molecule has 356 valence electrons. The number of benzene rings is 2. The molecule has 0 aliphatic rings. The van der Waals surface area contributed by atoms with Crippen molar-refractivity contribution in [2.75, 3.05) is 11.1 Å². The van der Waals surface area contributed by atoms with E-state index in [0.717, 1.165) is 91.9 Å². The van der Waals surface area contributed by atoms with Gasteiger partial charge in [0.05, 0.1) is 11.1 Å². The number of pyridine rings is 4. The molecular weight excluding hydrogens is 911 g/mol. The van der Waals surface area contributed by atoms with Gasteiger partial charge in [-0.1, -0.05) is 26.0 Å². The summed E-state index contributed by atoms with van der Waals surface area (Å²) in [6.07, 6.45) is -3.14. The number of nitrogen functional groups attached to an aromatic ring is 1. The first-order valence-electron chi connectivity index (χ1n) is 20.9. The highest BCUT2D eigenvalue weighted by atomic mass is 19.4. The number of anilines is 2. The Morgan fingerprint density at radius 3 is 1.52 bits per heavy atom. The highest BCUT2D eigenvalue weighted by molar-refractivity contribution is 6.04. The monoisotopic (exact) mass is 954 g/mol. The molecule has 0 fully saturated rings. The normalized spacial score (nSPS) is 11.4. The first-order chi connectivity index (χ1) is 32.5. The van der Waals surface area contributed by atoms with E-state index in [1.54, 1.807) is 24.4 Å². The number of aromatic nitrogens is 8. The Bertz CT molecular complexity index is 3260. The van der Waals surface area contributed by atoms with Crippen LogP contribution >= 0.6 is 0 Å². The first-order valence-corrected chi connectivity index (χ1v) is 20.9. The highest BCUT2D eigenvalue weighted by Gasteiger charge is 2.43. The molecule has 6 aromatic heterocycles. The number of carbonyl (C=O) groups is 2. The second-order valence-corrected chi connectivity index (χ2v) is 15.5. The third-order valence-electron chi connectivity index (χ3n) is 10.5. The zero-order valence-corrected chi connectivity index (χ0v) is 37.7. The second-order valence-electron chi connectivity index (χ2n) is 15.5. The molecule has 8 rings (SSSR count). The summed E-state index contributed by atoms with van der Waals surface area (Å²) in [5.41, 5.74) is 12.5. The second kappa shape index (κ2) is 20.2. The molecule has 0 radical (unpaired) electrons. The zero-order chi connectivity index (χ0) is 50.5. The summed E-state index contributed by atoms with van der Waals surface area (Å²) in [6.45, 7) is 11.9. The van der Waals surface area contributed by atoms with Gasteiger partial charge in [0.2, 0.25) is 12.4 Å². The van der Waals surface area contributed by atoms with Crippen molar-refractivity contribution in [1.82, 2.24) is 29.9 Å². The van der Waals surface area contributed by atoms with Gasteiger partial charge in [0, 0.05) is 104 Å². The van der Waals surface area contributed by atoms with Crippen molar-refractivity contribution in [2.45, 2.75) is 66.7 Å². The van der Waals surface area contributed by atoms with Crippen LogP contribution in [0.5, 0.6) is 0 Å². The molecule has 0 aliphatic heterocycles. The van der Waals surface area contributed by atoms with Crippen molar-refractivity contribution >= 4 is 45.3 Å². The SMILES string of the molecule is CCc1ncc2cc(-c3cc(N)ccc3C)c(C)nc2n1.CCc1ncc2cc(-c3cc(NC(=O)c4cc[n+](O)c(C(F)(F)F)c4)ccc3C)c(C)nc2n1.O=C(O)c1cc[n+](O)c(C(F)(F)F)c1. The number of hydrogen-bond donors (Lipinski definition) is 5. The predicted molar refractivity (Wildman–Crippen MR) is 240 cm³/mol. The van der Waals surface area contributed by atoms with Gasteiger partial charge >= 0.3 is 29.7 Å². The van der Waals surface area contributed by atoms with Gasteiger partial charge in [-0.2, -0.15) is 26.3 Å². The number of aryl methyl sites for hydroxylation is 6. The Morgan fingerprint density at radius 2 is 1.06 bits per heavy atom. The lowest BCUT2D eigenvalue weighted by Gasteiger charge is -2.13. The molecular formula is C48H44F6N10O5+2. The Morgan fingerprint density at radius 1 is 0.609 bits per heavy atom. The number of nitrogens with two attached hydrogens (primary N) is 1. The fraction of sp³-hybridized carbons (Fsp3) is 0.208. The number of nitrogens with one attached hydrogen (secondary N) is 1. The molecule has 0 saturated carbocycles. The molecule has 0 bridgehead atoms. The predicted octanol–water partition coefficient (Wildman–Crippen LogP) is 9.05. The van der Waals surface area contributed by atoms with Crippen molar-refractivity contribution in [3.05, 3.63) is 154 Å².